The maximum absolute atomic E-state index is 13.9. The Bertz CT molecular complexity index is 1180. The number of Topliss-reactive ketones (excluding diaryl/α,β-unsaturated/α-hetero) is 1. The van der Waals surface area contributed by atoms with E-state index < -0.39 is 24.2 Å². The molecule has 11 nitrogen and oxygen atoms in total. The topological polar surface area (TPSA) is 128 Å². The third-order valence-corrected chi connectivity index (χ3v) is 8.51. The molecule has 4 rings (SSSR count). The van der Waals surface area contributed by atoms with Crippen molar-refractivity contribution >= 4 is 35.1 Å². The van der Waals surface area contributed by atoms with E-state index in [0.717, 1.165) is 25.2 Å². The van der Waals surface area contributed by atoms with Crippen LogP contribution < -0.4 is 15.5 Å². The maximum Gasteiger partial charge on any atom is 0.251 e. The van der Waals surface area contributed by atoms with E-state index in [-0.39, 0.29) is 41.9 Å². The summed E-state index contributed by atoms with van der Waals surface area (Å²) >= 11 is 0. The average Bonchev–Trinajstić information content (AvgIpc) is 3.55. The molecule has 3 saturated heterocycles. The third kappa shape index (κ3) is 7.93. The van der Waals surface area contributed by atoms with Crippen molar-refractivity contribution in [3.63, 3.8) is 0 Å². The molecule has 0 bridgehead atoms. The summed E-state index contributed by atoms with van der Waals surface area (Å²) in [5, 5.41) is 5.69. The van der Waals surface area contributed by atoms with Gasteiger partial charge in [-0.1, -0.05) is 27.7 Å². The van der Waals surface area contributed by atoms with Gasteiger partial charge in [0.15, 0.2) is 5.78 Å². The van der Waals surface area contributed by atoms with E-state index >= 15 is 0 Å². The Morgan fingerprint density at radius 1 is 0.860 bits per heavy atom. The number of fused-ring (bicyclic) bond motifs is 1. The van der Waals surface area contributed by atoms with E-state index in [1.54, 1.807) is 21.9 Å². The molecular weight excluding hydrogens is 550 g/mol. The number of hydrogen-bond donors (Lipinski definition) is 2. The quantitative estimate of drug-likeness (QED) is 0.399. The Labute approximate surface area is 254 Å². The molecule has 0 saturated carbocycles. The van der Waals surface area contributed by atoms with Crippen LogP contribution in [0.25, 0.3) is 0 Å². The first-order valence-electron chi connectivity index (χ1n) is 15.6. The number of hydrogen-bond acceptors (Lipinski definition) is 7. The minimum absolute atomic E-state index is 0.0909. The van der Waals surface area contributed by atoms with E-state index in [1.165, 1.54) is 6.92 Å². The first-order valence-corrected chi connectivity index (χ1v) is 15.6. The second-order valence-electron chi connectivity index (χ2n) is 12.8. The lowest BCUT2D eigenvalue weighted by atomic mass is 10.0. The number of rotatable bonds is 11. The molecule has 2 N–H and O–H groups in total. The molecule has 0 spiro atoms. The lowest BCUT2D eigenvalue weighted by Crippen LogP contribution is -2.53. The summed E-state index contributed by atoms with van der Waals surface area (Å²) in [5.41, 5.74) is 1.47. The zero-order valence-electron chi connectivity index (χ0n) is 26.1. The Balaban J connectivity index is 1.45. The fourth-order valence-corrected chi connectivity index (χ4v) is 6.34. The Morgan fingerprint density at radius 2 is 1.51 bits per heavy atom. The molecule has 4 unspecified atom stereocenters. The fourth-order valence-electron chi connectivity index (χ4n) is 6.34. The zero-order valence-corrected chi connectivity index (χ0v) is 26.1. The number of carbonyl (C=O) groups excluding carboxylic acids is 5. The summed E-state index contributed by atoms with van der Waals surface area (Å²) in [6.45, 7) is 12.6. The van der Waals surface area contributed by atoms with E-state index in [0.29, 0.717) is 50.5 Å². The van der Waals surface area contributed by atoms with Gasteiger partial charge >= 0.3 is 0 Å². The van der Waals surface area contributed by atoms with Crippen molar-refractivity contribution < 1.29 is 28.7 Å². The number of anilines is 1. The number of benzene rings is 1. The normalized spacial score (nSPS) is 21.7. The summed E-state index contributed by atoms with van der Waals surface area (Å²) in [6.07, 6.45) is 2.12. The lowest BCUT2D eigenvalue weighted by molar-refractivity contribution is -0.138. The number of carbonyl (C=O) groups is 5. The number of morpholine rings is 1. The summed E-state index contributed by atoms with van der Waals surface area (Å²) < 4.78 is 5.42. The molecule has 4 amide bonds. The number of ether oxygens (including phenoxy) is 1. The second-order valence-corrected chi connectivity index (χ2v) is 12.8. The van der Waals surface area contributed by atoms with Crippen LogP contribution in [0.15, 0.2) is 24.3 Å². The van der Waals surface area contributed by atoms with Crippen molar-refractivity contribution in [2.45, 2.75) is 84.5 Å². The maximum atomic E-state index is 13.9. The molecule has 3 fully saturated rings. The molecular formula is C32H47N5O6. The number of nitrogens with one attached hydrogen (secondary N) is 2. The van der Waals surface area contributed by atoms with Crippen LogP contribution in [0.3, 0.4) is 0 Å². The van der Waals surface area contributed by atoms with Gasteiger partial charge in [0.25, 0.3) is 5.91 Å². The standard InChI is InChI=1S/C32H47N5O6/c1-20(2)6-11-25(33-22(5)38)31(41)37-19-28(39)29-27(37)12-13-36(29)32(42)26(18-21(3)4)34-30(40)23-7-9-24(10-8-23)35-14-16-43-17-15-35/h7-10,20-21,25-27,29H,6,11-19H2,1-5H3,(H,33,38)(H,34,40). The molecule has 1 aromatic carbocycles. The minimum atomic E-state index is -0.805. The largest absolute Gasteiger partial charge is 0.378 e. The van der Waals surface area contributed by atoms with Crippen molar-refractivity contribution in [3.05, 3.63) is 29.8 Å². The molecule has 0 aromatic heterocycles. The highest BCUT2D eigenvalue weighted by Gasteiger charge is 2.53. The Morgan fingerprint density at radius 3 is 2.12 bits per heavy atom. The van der Waals surface area contributed by atoms with Gasteiger partial charge in [-0.3, -0.25) is 24.0 Å². The van der Waals surface area contributed by atoms with Gasteiger partial charge in [-0.05, 0) is 61.8 Å². The Kier molecular flexibility index (Phi) is 10.8. The molecule has 43 heavy (non-hydrogen) atoms. The summed E-state index contributed by atoms with van der Waals surface area (Å²) in [7, 11) is 0. The molecule has 11 heteroatoms. The molecule has 3 aliphatic heterocycles. The number of amides is 4. The fraction of sp³-hybridized carbons (Fsp3) is 0.656. The molecule has 3 heterocycles. The monoisotopic (exact) mass is 597 g/mol. The van der Waals surface area contributed by atoms with Gasteiger partial charge < -0.3 is 30.1 Å². The highest BCUT2D eigenvalue weighted by Crippen LogP contribution is 2.32. The predicted octanol–water partition coefficient (Wildman–Crippen LogP) is 1.99. The first kappa shape index (κ1) is 32.4. The van der Waals surface area contributed by atoms with Crippen LogP contribution >= 0.6 is 0 Å². The van der Waals surface area contributed by atoms with Gasteiger partial charge in [0, 0.05) is 37.8 Å². The summed E-state index contributed by atoms with van der Waals surface area (Å²) in [6, 6.07) is 4.63. The van der Waals surface area contributed by atoms with E-state index in [4.69, 9.17) is 4.74 Å². The van der Waals surface area contributed by atoms with Crippen molar-refractivity contribution in [1.29, 1.82) is 0 Å². The molecule has 236 valence electrons. The van der Waals surface area contributed by atoms with Crippen LogP contribution in [0, 0.1) is 11.8 Å². The second kappa shape index (κ2) is 14.3. The van der Waals surface area contributed by atoms with Gasteiger partial charge in [-0.15, -0.1) is 0 Å². The van der Waals surface area contributed by atoms with E-state index in [9.17, 15) is 24.0 Å². The molecule has 0 aliphatic carbocycles. The number of ketones is 1. The highest BCUT2D eigenvalue weighted by atomic mass is 16.5. The number of nitrogens with zero attached hydrogens (tertiary/aromatic N) is 3. The van der Waals surface area contributed by atoms with Gasteiger partial charge in [0.05, 0.1) is 25.8 Å². The van der Waals surface area contributed by atoms with Crippen LogP contribution in [0.2, 0.25) is 0 Å². The van der Waals surface area contributed by atoms with Gasteiger partial charge in [0.1, 0.15) is 18.1 Å². The van der Waals surface area contributed by atoms with Crippen molar-refractivity contribution in [2.75, 3.05) is 44.3 Å². The van der Waals surface area contributed by atoms with E-state index in [1.807, 2.05) is 26.0 Å². The predicted molar refractivity (Wildman–Crippen MR) is 162 cm³/mol. The van der Waals surface area contributed by atoms with Crippen LogP contribution in [0.1, 0.15) is 70.7 Å². The average molecular weight is 598 g/mol. The van der Waals surface area contributed by atoms with Crippen molar-refractivity contribution in [2.24, 2.45) is 11.8 Å². The van der Waals surface area contributed by atoms with Crippen molar-refractivity contribution in [1.82, 2.24) is 20.4 Å². The van der Waals surface area contributed by atoms with E-state index in [2.05, 4.69) is 29.4 Å². The molecule has 3 aliphatic rings. The van der Waals surface area contributed by atoms with Crippen LogP contribution in [0.5, 0.6) is 0 Å². The summed E-state index contributed by atoms with van der Waals surface area (Å²) in [5.74, 6) is -0.945. The first-order chi connectivity index (χ1) is 20.5. The molecule has 4 atom stereocenters. The van der Waals surface area contributed by atoms with Crippen molar-refractivity contribution in [3.8, 4) is 0 Å². The van der Waals surface area contributed by atoms with Crippen LogP contribution in [-0.4, -0.2) is 103 Å². The zero-order chi connectivity index (χ0) is 31.3. The number of likely N-dealkylation sites (tertiary alicyclic amines) is 2. The highest BCUT2D eigenvalue weighted by molar-refractivity contribution is 6.01. The third-order valence-electron chi connectivity index (χ3n) is 8.51. The van der Waals surface area contributed by atoms with Gasteiger partial charge in [0.2, 0.25) is 17.7 Å². The molecule has 0 radical (unpaired) electrons. The molecule has 1 aromatic rings. The minimum Gasteiger partial charge on any atom is -0.378 e. The van der Waals surface area contributed by atoms with Gasteiger partial charge in [-0.25, -0.2) is 0 Å². The lowest BCUT2D eigenvalue weighted by Gasteiger charge is -2.30. The summed E-state index contributed by atoms with van der Waals surface area (Å²) in [4.78, 5) is 71.2. The van der Waals surface area contributed by atoms with Crippen LogP contribution in [0.4, 0.5) is 5.69 Å². The smallest absolute Gasteiger partial charge is 0.251 e. The SMILES string of the molecule is CC(=O)NC(CCC(C)C)C(=O)N1CC(=O)C2C1CCN2C(=O)C(CC(C)C)NC(=O)c1ccc(N2CCOCC2)cc1. The Hall–Kier alpha value is -3.47. The van der Waals surface area contributed by atoms with Gasteiger partial charge in [-0.2, -0.15) is 0 Å². The van der Waals surface area contributed by atoms with Crippen LogP contribution in [-0.2, 0) is 23.9 Å².